The maximum absolute atomic E-state index is 11.9. The third-order valence-electron chi connectivity index (χ3n) is 2.76. The zero-order valence-corrected chi connectivity index (χ0v) is 12.8. The number of piperidine rings is 1. The molecule has 0 radical (unpaired) electrons. The molecular weight excluding hydrogens is 324 g/mol. The Hall–Kier alpha value is -0.100. The molecule has 0 aromatic carbocycles. The van der Waals surface area contributed by atoms with Gasteiger partial charge in [0.1, 0.15) is 0 Å². The largest absolute Gasteiger partial charge is 0.349 e. The fourth-order valence-corrected chi connectivity index (χ4v) is 3.25. The minimum absolute atomic E-state index is 0. The van der Waals surface area contributed by atoms with E-state index in [1.165, 1.54) is 11.3 Å². The zero-order valence-electron chi connectivity index (χ0n) is 9.53. The Morgan fingerprint density at radius 2 is 2.35 bits per heavy atom. The van der Waals surface area contributed by atoms with Gasteiger partial charge in [-0.2, -0.15) is 0 Å². The summed E-state index contributed by atoms with van der Waals surface area (Å²) in [7, 11) is 0. The highest BCUT2D eigenvalue weighted by Crippen LogP contribution is 2.22. The molecule has 17 heavy (non-hydrogen) atoms. The Bertz CT molecular complexity index is 385. The highest BCUT2D eigenvalue weighted by molar-refractivity contribution is 9.11. The van der Waals surface area contributed by atoms with E-state index in [1.54, 1.807) is 0 Å². The van der Waals surface area contributed by atoms with Crippen molar-refractivity contribution in [1.82, 2.24) is 10.6 Å². The van der Waals surface area contributed by atoms with Crippen LogP contribution in [0.25, 0.3) is 0 Å². The molecule has 1 aliphatic rings. The molecule has 6 heteroatoms. The average Bonchev–Trinajstić information content (AvgIpc) is 2.65. The van der Waals surface area contributed by atoms with E-state index in [4.69, 9.17) is 0 Å². The van der Waals surface area contributed by atoms with Crippen molar-refractivity contribution in [3.05, 3.63) is 20.8 Å². The molecule has 2 N–H and O–H groups in total. The normalized spacial score (nSPS) is 23.9. The summed E-state index contributed by atoms with van der Waals surface area (Å²) >= 11 is 4.84. The summed E-state index contributed by atoms with van der Waals surface area (Å²) in [6.07, 6.45) is 2.03. The first-order valence-corrected chi connectivity index (χ1v) is 7.05. The van der Waals surface area contributed by atoms with Gasteiger partial charge in [-0.1, -0.05) is 0 Å². The van der Waals surface area contributed by atoms with E-state index in [0.717, 1.165) is 28.0 Å². The molecule has 0 bridgehead atoms. The third kappa shape index (κ3) is 4.25. The summed E-state index contributed by atoms with van der Waals surface area (Å²) < 4.78 is 0.997. The van der Waals surface area contributed by atoms with Crippen LogP contribution in [0, 0.1) is 0 Å². The lowest BCUT2D eigenvalue weighted by molar-refractivity contribution is 0.0930. The Balaban J connectivity index is 0.00000144. The van der Waals surface area contributed by atoms with Crippen LogP contribution in [0.3, 0.4) is 0 Å². The molecule has 96 valence electrons. The Kier molecular flexibility index (Phi) is 5.92. The number of halogens is 2. The van der Waals surface area contributed by atoms with Crippen LogP contribution < -0.4 is 10.6 Å². The molecular formula is C11H16BrClN2OS. The first-order valence-electron chi connectivity index (χ1n) is 5.45. The molecule has 2 rings (SSSR count). The van der Waals surface area contributed by atoms with E-state index >= 15 is 0 Å². The van der Waals surface area contributed by atoms with Crippen molar-refractivity contribution < 1.29 is 4.79 Å². The minimum atomic E-state index is 0. The lowest BCUT2D eigenvalue weighted by Crippen LogP contribution is -2.46. The van der Waals surface area contributed by atoms with Gasteiger partial charge in [0.2, 0.25) is 0 Å². The number of thiophene rings is 1. The Morgan fingerprint density at radius 3 is 2.94 bits per heavy atom. The number of hydrogen-bond donors (Lipinski definition) is 2. The van der Waals surface area contributed by atoms with Crippen molar-refractivity contribution in [2.24, 2.45) is 0 Å². The third-order valence-corrected chi connectivity index (χ3v) is 4.38. The summed E-state index contributed by atoms with van der Waals surface area (Å²) in [5.74, 6) is 0.0507. The molecule has 2 atom stereocenters. The molecule has 1 aromatic rings. The van der Waals surface area contributed by atoms with Crippen LogP contribution in [0.4, 0.5) is 0 Å². The smallest absolute Gasteiger partial charge is 0.261 e. The van der Waals surface area contributed by atoms with Crippen LogP contribution in [0.15, 0.2) is 15.9 Å². The van der Waals surface area contributed by atoms with Crippen LogP contribution in [0.2, 0.25) is 0 Å². The van der Waals surface area contributed by atoms with Crippen molar-refractivity contribution in [3.8, 4) is 0 Å². The summed E-state index contributed by atoms with van der Waals surface area (Å²) in [5, 5.41) is 6.46. The lowest BCUT2D eigenvalue weighted by atomic mass is 10.0. The van der Waals surface area contributed by atoms with E-state index in [2.05, 4.69) is 33.5 Å². The van der Waals surface area contributed by atoms with Gasteiger partial charge >= 0.3 is 0 Å². The number of rotatable bonds is 2. The molecule has 1 amide bonds. The minimum Gasteiger partial charge on any atom is -0.349 e. The average molecular weight is 340 g/mol. The molecule has 1 aromatic heterocycles. The van der Waals surface area contributed by atoms with E-state index in [1.807, 2.05) is 12.1 Å². The van der Waals surface area contributed by atoms with E-state index in [0.29, 0.717) is 12.1 Å². The van der Waals surface area contributed by atoms with Gasteiger partial charge in [0.25, 0.3) is 5.91 Å². The van der Waals surface area contributed by atoms with Gasteiger partial charge in [-0.3, -0.25) is 4.79 Å². The fraction of sp³-hybridized carbons (Fsp3) is 0.545. The molecule has 0 saturated carbocycles. The standard InChI is InChI=1S/C11H15BrN2OS.ClH/c1-7-6-8(4-5-13-7)14-11(15)9-2-3-10(12)16-9;/h2-3,7-8,13H,4-6H2,1H3,(H,14,15);1H. The van der Waals surface area contributed by atoms with Crippen LogP contribution in [-0.4, -0.2) is 24.5 Å². The van der Waals surface area contributed by atoms with E-state index < -0.39 is 0 Å². The number of carbonyl (C=O) groups excluding carboxylic acids is 1. The first-order chi connectivity index (χ1) is 7.65. The Labute approximate surface area is 120 Å². The number of nitrogens with one attached hydrogen (secondary N) is 2. The van der Waals surface area contributed by atoms with Crippen molar-refractivity contribution in [2.75, 3.05) is 6.54 Å². The van der Waals surface area contributed by atoms with Crippen LogP contribution in [-0.2, 0) is 0 Å². The van der Waals surface area contributed by atoms with Gasteiger partial charge in [-0.15, -0.1) is 23.7 Å². The summed E-state index contributed by atoms with van der Waals surface area (Å²) in [6, 6.07) is 4.57. The van der Waals surface area contributed by atoms with Gasteiger partial charge in [0, 0.05) is 12.1 Å². The molecule has 1 fully saturated rings. The monoisotopic (exact) mass is 338 g/mol. The highest BCUT2D eigenvalue weighted by atomic mass is 79.9. The van der Waals surface area contributed by atoms with Crippen molar-refractivity contribution >= 4 is 45.6 Å². The van der Waals surface area contributed by atoms with Crippen molar-refractivity contribution in [2.45, 2.75) is 31.8 Å². The van der Waals surface area contributed by atoms with Gasteiger partial charge in [0.15, 0.2) is 0 Å². The molecule has 0 aliphatic carbocycles. The first kappa shape index (κ1) is 15.0. The highest BCUT2D eigenvalue weighted by Gasteiger charge is 2.20. The second-order valence-corrected chi connectivity index (χ2v) is 6.62. The molecule has 2 heterocycles. The quantitative estimate of drug-likeness (QED) is 0.870. The number of hydrogen-bond acceptors (Lipinski definition) is 3. The van der Waals surface area contributed by atoms with Crippen molar-refractivity contribution in [1.29, 1.82) is 0 Å². The van der Waals surface area contributed by atoms with Crippen LogP contribution in [0.1, 0.15) is 29.4 Å². The summed E-state index contributed by atoms with van der Waals surface area (Å²) in [5.41, 5.74) is 0. The second-order valence-electron chi connectivity index (χ2n) is 4.15. The molecule has 3 nitrogen and oxygen atoms in total. The number of carbonyl (C=O) groups is 1. The SMILES string of the molecule is CC1CC(NC(=O)c2ccc(Br)s2)CCN1.Cl. The van der Waals surface area contributed by atoms with E-state index in [9.17, 15) is 4.79 Å². The van der Waals surface area contributed by atoms with Crippen LogP contribution >= 0.6 is 39.7 Å². The summed E-state index contributed by atoms with van der Waals surface area (Å²) in [4.78, 5) is 12.7. The van der Waals surface area contributed by atoms with E-state index in [-0.39, 0.29) is 18.3 Å². The van der Waals surface area contributed by atoms with Gasteiger partial charge in [0.05, 0.1) is 8.66 Å². The van der Waals surface area contributed by atoms with Crippen LogP contribution in [0.5, 0.6) is 0 Å². The Morgan fingerprint density at radius 1 is 1.59 bits per heavy atom. The van der Waals surface area contributed by atoms with Gasteiger partial charge in [-0.05, 0) is 54.4 Å². The predicted octanol–water partition coefficient (Wildman–Crippen LogP) is 2.80. The number of amides is 1. The molecule has 0 spiro atoms. The maximum atomic E-state index is 11.9. The van der Waals surface area contributed by atoms with Crippen molar-refractivity contribution in [3.63, 3.8) is 0 Å². The van der Waals surface area contributed by atoms with Gasteiger partial charge < -0.3 is 10.6 Å². The molecule has 2 unspecified atom stereocenters. The molecule has 1 saturated heterocycles. The fourth-order valence-electron chi connectivity index (χ4n) is 1.96. The second kappa shape index (κ2) is 6.73. The molecule has 1 aliphatic heterocycles. The zero-order chi connectivity index (χ0) is 11.5. The topological polar surface area (TPSA) is 41.1 Å². The lowest BCUT2D eigenvalue weighted by Gasteiger charge is -2.28. The maximum Gasteiger partial charge on any atom is 0.261 e. The predicted molar refractivity (Wildman–Crippen MR) is 77.2 cm³/mol. The summed E-state index contributed by atoms with van der Waals surface area (Å²) in [6.45, 7) is 3.14. The van der Waals surface area contributed by atoms with Gasteiger partial charge in [-0.25, -0.2) is 0 Å².